The third-order valence-electron chi connectivity index (χ3n) is 4.28. The van der Waals surface area contributed by atoms with Crippen LogP contribution < -0.4 is 0 Å². The first-order chi connectivity index (χ1) is 10.4. The zero-order chi connectivity index (χ0) is 14.2. The van der Waals surface area contributed by atoms with Crippen molar-refractivity contribution < 1.29 is 5.11 Å². The van der Waals surface area contributed by atoms with Crippen LogP contribution in [0.2, 0.25) is 0 Å². The van der Waals surface area contributed by atoms with E-state index < -0.39 is 0 Å². The molecular weight excluding hydrogens is 262 g/mol. The fourth-order valence-corrected chi connectivity index (χ4v) is 3.30. The number of H-pyrrole nitrogens is 1. The molecule has 106 valence electrons. The van der Waals surface area contributed by atoms with Gasteiger partial charge in [0.2, 0.25) is 0 Å². The first-order valence-electron chi connectivity index (χ1n) is 7.36. The Morgan fingerprint density at radius 2 is 2.05 bits per heavy atom. The Labute approximate surface area is 122 Å². The van der Waals surface area contributed by atoms with Gasteiger partial charge in [0.15, 0.2) is 0 Å². The number of rotatable bonds is 3. The molecule has 0 bridgehead atoms. The van der Waals surface area contributed by atoms with Crippen LogP contribution in [-0.4, -0.2) is 33.9 Å². The Bertz CT molecular complexity index is 769. The van der Waals surface area contributed by atoms with Gasteiger partial charge < -0.3 is 10.1 Å². The summed E-state index contributed by atoms with van der Waals surface area (Å²) < 4.78 is 0. The number of benzene rings is 1. The zero-order valence-corrected chi connectivity index (χ0v) is 11.7. The van der Waals surface area contributed by atoms with Gasteiger partial charge in [-0.05, 0) is 24.1 Å². The molecule has 4 rings (SSSR count). The summed E-state index contributed by atoms with van der Waals surface area (Å²) in [4.78, 5) is 12.3. The number of imidazole rings is 1. The lowest BCUT2D eigenvalue weighted by Gasteiger charge is -2.16. The van der Waals surface area contributed by atoms with Gasteiger partial charge in [-0.3, -0.25) is 4.99 Å². The fraction of sp³-hybridized carbons (Fsp3) is 0.294. The minimum absolute atomic E-state index is 0.186. The molecule has 0 saturated heterocycles. The number of aliphatic hydroxyl groups excluding tert-OH is 1. The number of aliphatic hydroxyl groups is 1. The van der Waals surface area contributed by atoms with Crippen LogP contribution in [0.3, 0.4) is 0 Å². The molecule has 1 aromatic carbocycles. The molecular formula is C17H17N3O. The lowest BCUT2D eigenvalue weighted by Crippen LogP contribution is -2.13. The number of aromatic nitrogens is 2. The quantitative estimate of drug-likeness (QED) is 0.848. The number of hydrogen-bond donors (Lipinski definition) is 2. The molecule has 2 atom stereocenters. The maximum Gasteiger partial charge on any atom is 0.0931 e. The number of aromatic amines is 1. The molecule has 0 radical (unpaired) electrons. The summed E-state index contributed by atoms with van der Waals surface area (Å²) in [6.45, 7) is 0.858. The largest absolute Gasteiger partial charge is 0.396 e. The van der Waals surface area contributed by atoms with E-state index in [1.807, 2.05) is 0 Å². The van der Waals surface area contributed by atoms with Crippen LogP contribution in [0.1, 0.15) is 23.5 Å². The predicted molar refractivity (Wildman–Crippen MR) is 83.7 cm³/mol. The third kappa shape index (κ3) is 1.94. The second-order valence-corrected chi connectivity index (χ2v) is 5.52. The van der Waals surface area contributed by atoms with E-state index in [1.165, 1.54) is 11.1 Å². The Balaban J connectivity index is 1.86. The van der Waals surface area contributed by atoms with Gasteiger partial charge in [0, 0.05) is 30.6 Å². The highest BCUT2D eigenvalue weighted by Gasteiger charge is 2.36. The van der Waals surface area contributed by atoms with Gasteiger partial charge in [0.25, 0.3) is 0 Å². The Kier molecular flexibility index (Phi) is 2.97. The minimum Gasteiger partial charge on any atom is -0.396 e. The maximum absolute atomic E-state index is 8.97. The molecule has 21 heavy (non-hydrogen) atoms. The van der Waals surface area contributed by atoms with Gasteiger partial charge >= 0.3 is 0 Å². The Hall–Kier alpha value is -2.20. The van der Waals surface area contributed by atoms with Crippen LogP contribution >= 0.6 is 0 Å². The number of nitrogens with one attached hydrogen (secondary N) is 1. The molecule has 4 heteroatoms. The van der Waals surface area contributed by atoms with Crippen LogP contribution in [-0.2, 0) is 0 Å². The van der Waals surface area contributed by atoms with Gasteiger partial charge in [-0.1, -0.05) is 24.3 Å². The van der Waals surface area contributed by atoms with Gasteiger partial charge in [0.05, 0.1) is 23.1 Å². The monoisotopic (exact) mass is 279 g/mol. The van der Waals surface area contributed by atoms with E-state index in [1.54, 1.807) is 6.33 Å². The van der Waals surface area contributed by atoms with Crippen LogP contribution in [0.4, 0.5) is 0 Å². The average Bonchev–Trinajstić information content (AvgIpc) is 3.08. The van der Waals surface area contributed by atoms with E-state index in [-0.39, 0.29) is 6.61 Å². The molecule has 1 aromatic heterocycles. The van der Waals surface area contributed by atoms with E-state index in [2.05, 4.69) is 46.4 Å². The van der Waals surface area contributed by atoms with E-state index >= 15 is 0 Å². The molecule has 1 heterocycles. The summed E-state index contributed by atoms with van der Waals surface area (Å²) in [5.41, 5.74) is 5.72. The number of nitrogens with zero attached hydrogens (tertiary/aromatic N) is 2. The van der Waals surface area contributed by atoms with Gasteiger partial charge in [-0.25, -0.2) is 4.98 Å². The van der Waals surface area contributed by atoms with Crippen molar-refractivity contribution in [2.24, 2.45) is 10.9 Å². The highest BCUT2D eigenvalue weighted by atomic mass is 16.3. The number of hydrogen-bond acceptors (Lipinski definition) is 3. The van der Waals surface area contributed by atoms with E-state index in [9.17, 15) is 0 Å². The van der Waals surface area contributed by atoms with Crippen molar-refractivity contribution in [2.45, 2.75) is 12.3 Å². The Morgan fingerprint density at radius 1 is 1.19 bits per heavy atom. The number of allylic oxidation sites excluding steroid dienone is 4. The molecule has 0 spiro atoms. The highest BCUT2D eigenvalue weighted by molar-refractivity contribution is 6.10. The van der Waals surface area contributed by atoms with Crippen molar-refractivity contribution in [3.8, 4) is 0 Å². The van der Waals surface area contributed by atoms with Crippen molar-refractivity contribution in [3.05, 3.63) is 53.9 Å². The zero-order valence-electron chi connectivity index (χ0n) is 11.7. The fourth-order valence-electron chi connectivity index (χ4n) is 3.30. The van der Waals surface area contributed by atoms with Crippen LogP contribution in [0, 0.1) is 5.92 Å². The van der Waals surface area contributed by atoms with Gasteiger partial charge in [-0.2, -0.15) is 0 Å². The average molecular weight is 279 g/mol. The second kappa shape index (κ2) is 4.97. The molecule has 0 fully saturated rings. The second-order valence-electron chi connectivity index (χ2n) is 5.52. The molecule has 2 aliphatic carbocycles. The van der Waals surface area contributed by atoms with E-state index in [0.29, 0.717) is 24.8 Å². The normalized spacial score (nSPS) is 24.7. The molecule has 0 amide bonds. The van der Waals surface area contributed by atoms with Gasteiger partial charge in [0.1, 0.15) is 0 Å². The lowest BCUT2D eigenvalue weighted by atomic mass is 9.88. The molecule has 4 nitrogen and oxygen atoms in total. The summed E-state index contributed by atoms with van der Waals surface area (Å²) >= 11 is 0. The third-order valence-corrected chi connectivity index (χ3v) is 4.28. The van der Waals surface area contributed by atoms with Crippen molar-refractivity contribution in [3.63, 3.8) is 0 Å². The van der Waals surface area contributed by atoms with E-state index in [0.717, 1.165) is 16.7 Å². The van der Waals surface area contributed by atoms with Crippen molar-refractivity contribution in [1.82, 2.24) is 9.97 Å². The maximum atomic E-state index is 8.97. The van der Waals surface area contributed by atoms with Crippen molar-refractivity contribution in [2.75, 3.05) is 13.2 Å². The minimum atomic E-state index is 0.186. The lowest BCUT2D eigenvalue weighted by molar-refractivity contribution is 0.291. The molecule has 0 aliphatic heterocycles. The molecule has 2 N–H and O–H groups in total. The summed E-state index contributed by atoms with van der Waals surface area (Å²) in [5.74, 6) is 0.681. The number of aliphatic imine (C=N–C) groups is 1. The van der Waals surface area contributed by atoms with Crippen LogP contribution in [0.5, 0.6) is 0 Å². The predicted octanol–water partition coefficient (Wildman–Crippen LogP) is 2.57. The van der Waals surface area contributed by atoms with Crippen LogP contribution in [0.25, 0.3) is 11.0 Å². The summed E-state index contributed by atoms with van der Waals surface area (Å²) in [6, 6.07) is 4.34. The van der Waals surface area contributed by atoms with Crippen molar-refractivity contribution in [1.29, 1.82) is 0 Å². The van der Waals surface area contributed by atoms with E-state index in [4.69, 9.17) is 10.1 Å². The topological polar surface area (TPSA) is 61.3 Å². The molecule has 2 aliphatic rings. The molecule has 2 aromatic rings. The first kappa shape index (κ1) is 12.5. The number of fused-ring (bicyclic) bond motifs is 4. The smallest absolute Gasteiger partial charge is 0.0931 e. The summed E-state index contributed by atoms with van der Waals surface area (Å²) in [7, 11) is 0. The summed E-state index contributed by atoms with van der Waals surface area (Å²) in [6.07, 6.45) is 11.1. The standard InChI is InChI=1S/C17H17N3O/c21-7-3-6-18-17-12-5-2-1-4-11(12)13-8-15-16(9-14(13)17)20-10-19-15/h1-2,4-5,8-12,21H,3,6-7H2,(H,19,20). The SMILES string of the molecule is OCCCN=C1c2cc3nc[nH]c3cc2C2C=CC=CC12. The Morgan fingerprint density at radius 3 is 2.90 bits per heavy atom. The molecule has 0 saturated carbocycles. The summed E-state index contributed by atoms with van der Waals surface area (Å²) in [5, 5.41) is 8.97. The molecule has 2 unspecified atom stereocenters. The highest BCUT2D eigenvalue weighted by Crippen LogP contribution is 2.43. The van der Waals surface area contributed by atoms with Gasteiger partial charge in [-0.15, -0.1) is 0 Å². The van der Waals surface area contributed by atoms with Crippen LogP contribution in [0.15, 0.2) is 47.8 Å². The first-order valence-corrected chi connectivity index (χ1v) is 7.36. The van der Waals surface area contributed by atoms with Crippen molar-refractivity contribution >= 4 is 16.7 Å².